The maximum absolute atomic E-state index is 9.33. The van der Waals surface area contributed by atoms with Crippen LogP contribution in [0.4, 0.5) is 0 Å². The lowest BCUT2D eigenvalue weighted by Crippen LogP contribution is -2.40. The molecule has 8 heteroatoms. The molecule has 7 nitrogen and oxygen atoms in total. The van der Waals surface area contributed by atoms with E-state index in [0.29, 0.717) is 6.17 Å². The smallest absolute Gasteiger partial charge is 0.312 e. The van der Waals surface area contributed by atoms with Crippen molar-refractivity contribution in [1.82, 2.24) is 15.1 Å². The summed E-state index contributed by atoms with van der Waals surface area (Å²) in [5, 5.41) is 3.34. The summed E-state index contributed by atoms with van der Waals surface area (Å²) in [6, 6.07) is 0. The molecule has 0 saturated carbocycles. The Labute approximate surface area is 128 Å². The van der Waals surface area contributed by atoms with E-state index in [2.05, 4.69) is 39.5 Å². The van der Waals surface area contributed by atoms with Crippen LogP contribution < -0.4 is 5.32 Å². The highest BCUT2D eigenvalue weighted by Gasteiger charge is 2.27. The summed E-state index contributed by atoms with van der Waals surface area (Å²) < 4.78 is 29.7. The zero-order valence-corrected chi connectivity index (χ0v) is 13.7. The van der Waals surface area contributed by atoms with E-state index in [0.717, 1.165) is 33.2 Å². The van der Waals surface area contributed by atoms with Gasteiger partial charge in [0.1, 0.15) is 0 Å². The van der Waals surface area contributed by atoms with Gasteiger partial charge in [-0.1, -0.05) is 12.2 Å². The van der Waals surface area contributed by atoms with Gasteiger partial charge in [0.25, 0.3) is 0 Å². The van der Waals surface area contributed by atoms with Gasteiger partial charge in [-0.2, -0.15) is 8.42 Å². The third kappa shape index (κ3) is 9.72. The maximum Gasteiger partial charge on any atom is 0.397 e. The Balaban J connectivity index is 0.000000567. The Bertz CT molecular complexity index is 400. The third-order valence-corrected chi connectivity index (χ3v) is 3.54. The summed E-state index contributed by atoms with van der Waals surface area (Å²) in [7, 11) is -1.11. The Morgan fingerprint density at radius 2 is 2.00 bits per heavy atom. The van der Waals surface area contributed by atoms with Crippen LogP contribution in [0.2, 0.25) is 0 Å². The highest BCUT2D eigenvalue weighted by atomic mass is 32.3. The van der Waals surface area contributed by atoms with E-state index >= 15 is 0 Å². The van der Waals surface area contributed by atoms with E-state index in [9.17, 15) is 8.42 Å². The minimum Gasteiger partial charge on any atom is -0.312 e. The molecule has 2 N–H and O–H groups in total. The second-order valence-corrected chi connectivity index (χ2v) is 5.80. The molecule has 1 aliphatic rings. The first kappa shape index (κ1) is 20.2. The molecule has 1 rings (SSSR count). The molecule has 1 unspecified atom stereocenters. The van der Waals surface area contributed by atoms with Crippen LogP contribution in [0.25, 0.3) is 0 Å². The van der Waals surface area contributed by atoms with Gasteiger partial charge in [0, 0.05) is 32.7 Å². The minimum absolute atomic E-state index is 0.549. The summed E-state index contributed by atoms with van der Waals surface area (Å²) in [5.41, 5.74) is 0. The topological polar surface area (TPSA) is 82.1 Å². The molecule has 1 aliphatic heterocycles. The number of hydrogen-bond acceptors (Lipinski definition) is 6. The fourth-order valence-electron chi connectivity index (χ4n) is 2.03. The zero-order chi connectivity index (χ0) is 16.3. The fourth-order valence-corrected chi connectivity index (χ4v) is 2.03. The SMILES string of the molecule is C=CCNCCN1CCN(C)C1CC=C.COS(=O)(=O)O. The number of rotatable bonds is 8. The van der Waals surface area contributed by atoms with Crippen LogP contribution in [0.5, 0.6) is 0 Å². The number of nitrogens with one attached hydrogen (secondary N) is 1. The van der Waals surface area contributed by atoms with Crippen molar-refractivity contribution < 1.29 is 17.2 Å². The predicted octanol–water partition coefficient (Wildman–Crippen LogP) is 0.347. The Kier molecular flexibility index (Phi) is 10.5. The molecule has 0 aromatic rings. The Hall–Kier alpha value is -0.770. The molecule has 0 radical (unpaired) electrons. The highest BCUT2D eigenvalue weighted by Crippen LogP contribution is 2.15. The third-order valence-electron chi connectivity index (χ3n) is 3.12. The summed E-state index contributed by atoms with van der Waals surface area (Å²) >= 11 is 0. The molecule has 0 spiro atoms. The van der Waals surface area contributed by atoms with E-state index in [-0.39, 0.29) is 0 Å². The van der Waals surface area contributed by atoms with Gasteiger partial charge in [-0.3, -0.25) is 18.5 Å². The van der Waals surface area contributed by atoms with Gasteiger partial charge in [0.2, 0.25) is 0 Å². The van der Waals surface area contributed by atoms with Gasteiger partial charge in [-0.25, -0.2) is 0 Å². The van der Waals surface area contributed by atoms with Gasteiger partial charge >= 0.3 is 10.4 Å². The molecular formula is C13H27N3O4S. The number of nitrogens with zero attached hydrogens (tertiary/aromatic N) is 2. The van der Waals surface area contributed by atoms with Gasteiger partial charge in [-0.15, -0.1) is 13.2 Å². The highest BCUT2D eigenvalue weighted by molar-refractivity contribution is 7.80. The minimum atomic E-state index is -4.16. The maximum atomic E-state index is 9.33. The first-order chi connectivity index (χ1) is 9.85. The molecule has 0 amide bonds. The lowest BCUT2D eigenvalue weighted by molar-refractivity contribution is 0.162. The van der Waals surface area contributed by atoms with E-state index < -0.39 is 10.4 Å². The van der Waals surface area contributed by atoms with Crippen molar-refractivity contribution in [2.24, 2.45) is 0 Å². The van der Waals surface area contributed by atoms with Crippen LogP contribution in [-0.2, 0) is 14.6 Å². The number of likely N-dealkylation sites (N-methyl/N-ethyl adjacent to an activating group) is 1. The van der Waals surface area contributed by atoms with Crippen molar-refractivity contribution in [2.45, 2.75) is 12.6 Å². The van der Waals surface area contributed by atoms with E-state index in [4.69, 9.17) is 4.55 Å². The summed E-state index contributed by atoms with van der Waals surface area (Å²) in [4.78, 5) is 4.91. The lowest BCUT2D eigenvalue weighted by atomic mass is 10.3. The summed E-state index contributed by atoms with van der Waals surface area (Å²) in [6.07, 6.45) is 5.51. The second-order valence-electron chi connectivity index (χ2n) is 4.61. The van der Waals surface area contributed by atoms with Crippen molar-refractivity contribution in [3.05, 3.63) is 25.3 Å². The van der Waals surface area contributed by atoms with Crippen LogP contribution in [-0.4, -0.2) is 75.8 Å². The van der Waals surface area contributed by atoms with Crippen LogP contribution in [0.1, 0.15) is 6.42 Å². The van der Waals surface area contributed by atoms with Crippen molar-refractivity contribution in [3.63, 3.8) is 0 Å². The van der Waals surface area contributed by atoms with Gasteiger partial charge in [-0.05, 0) is 13.5 Å². The average Bonchev–Trinajstić information content (AvgIpc) is 2.77. The lowest BCUT2D eigenvalue weighted by Gasteiger charge is -2.27. The van der Waals surface area contributed by atoms with Gasteiger partial charge < -0.3 is 5.32 Å². The van der Waals surface area contributed by atoms with Crippen LogP contribution in [0, 0.1) is 0 Å². The monoisotopic (exact) mass is 321 g/mol. The summed E-state index contributed by atoms with van der Waals surface area (Å²) in [6.45, 7) is 12.9. The standard InChI is InChI=1S/C12H23N3.CH4O4S/c1-4-6-12-14(3)10-11-15(12)9-8-13-7-5-2;1-5-6(2,3)4/h4-5,12-13H,1-2,6-11H2,3H3;1H3,(H,2,3,4). The summed E-state index contributed by atoms with van der Waals surface area (Å²) in [5.74, 6) is 0. The second kappa shape index (κ2) is 10.9. The average molecular weight is 321 g/mol. The van der Waals surface area contributed by atoms with Gasteiger partial charge in [0.15, 0.2) is 0 Å². The first-order valence-electron chi connectivity index (χ1n) is 6.75. The van der Waals surface area contributed by atoms with Crippen molar-refractivity contribution in [2.75, 3.05) is 46.9 Å². The fraction of sp³-hybridized carbons (Fsp3) is 0.692. The predicted molar refractivity (Wildman–Crippen MR) is 84.4 cm³/mol. The Morgan fingerprint density at radius 1 is 1.38 bits per heavy atom. The van der Waals surface area contributed by atoms with E-state index in [1.165, 1.54) is 13.1 Å². The quantitative estimate of drug-likeness (QED) is 0.379. The normalized spacial score (nSPS) is 19.9. The molecule has 124 valence electrons. The molecular weight excluding hydrogens is 294 g/mol. The Morgan fingerprint density at radius 3 is 2.48 bits per heavy atom. The molecule has 1 atom stereocenters. The van der Waals surface area contributed by atoms with E-state index in [1.807, 2.05) is 12.2 Å². The van der Waals surface area contributed by atoms with Crippen molar-refractivity contribution >= 4 is 10.4 Å². The van der Waals surface area contributed by atoms with Crippen LogP contribution in [0.3, 0.4) is 0 Å². The molecule has 21 heavy (non-hydrogen) atoms. The molecule has 0 bridgehead atoms. The zero-order valence-electron chi connectivity index (χ0n) is 12.9. The largest absolute Gasteiger partial charge is 0.397 e. The van der Waals surface area contributed by atoms with E-state index in [1.54, 1.807) is 0 Å². The molecule has 0 aromatic heterocycles. The number of hydrogen-bond donors (Lipinski definition) is 2. The van der Waals surface area contributed by atoms with Crippen LogP contribution >= 0.6 is 0 Å². The van der Waals surface area contributed by atoms with Crippen molar-refractivity contribution in [1.29, 1.82) is 0 Å². The molecule has 1 saturated heterocycles. The molecule has 1 fully saturated rings. The molecule has 0 aliphatic carbocycles. The van der Waals surface area contributed by atoms with Crippen molar-refractivity contribution in [3.8, 4) is 0 Å². The molecule has 0 aromatic carbocycles. The van der Waals surface area contributed by atoms with Crippen LogP contribution in [0.15, 0.2) is 25.3 Å². The first-order valence-corrected chi connectivity index (χ1v) is 8.12. The molecule has 1 heterocycles. The van der Waals surface area contributed by atoms with Gasteiger partial charge in [0.05, 0.1) is 13.3 Å².